The predicted octanol–water partition coefficient (Wildman–Crippen LogP) is 3.78. The van der Waals surface area contributed by atoms with E-state index in [9.17, 15) is 0 Å². The lowest BCUT2D eigenvalue weighted by atomic mass is 10.0. The summed E-state index contributed by atoms with van der Waals surface area (Å²) in [7, 11) is 4.20. The smallest absolute Gasteiger partial charge is 0.0451 e. The lowest BCUT2D eigenvalue weighted by Gasteiger charge is -2.26. The summed E-state index contributed by atoms with van der Waals surface area (Å²) in [6, 6.07) is 6.43. The van der Waals surface area contributed by atoms with Gasteiger partial charge in [-0.05, 0) is 43.8 Å². The highest BCUT2D eigenvalue weighted by molar-refractivity contribution is 9.10. The van der Waals surface area contributed by atoms with E-state index in [1.165, 1.54) is 0 Å². The van der Waals surface area contributed by atoms with Crippen molar-refractivity contribution in [1.82, 2.24) is 10.2 Å². The lowest BCUT2D eigenvalue weighted by Crippen LogP contribution is -2.41. The monoisotopic (exact) mass is 332 g/mol. The minimum atomic E-state index is 0.468. The molecular weight excluding hydrogens is 312 g/mol. The van der Waals surface area contributed by atoms with Crippen LogP contribution >= 0.6 is 27.5 Å². The van der Waals surface area contributed by atoms with Gasteiger partial charge in [0, 0.05) is 28.6 Å². The van der Waals surface area contributed by atoms with Crippen molar-refractivity contribution >= 4 is 27.5 Å². The standard InChI is InChI=1S/C14H22BrClN2/c1-10(2)14(9-18(3)4)17-8-11-7-12(15)5-6-13(11)16/h5-7,10,14,17H,8-9H2,1-4H3. The van der Waals surface area contributed by atoms with Gasteiger partial charge in [-0.25, -0.2) is 0 Å². The van der Waals surface area contributed by atoms with Crippen molar-refractivity contribution < 1.29 is 0 Å². The first kappa shape index (κ1) is 16.0. The van der Waals surface area contributed by atoms with Crippen LogP contribution in [0.3, 0.4) is 0 Å². The van der Waals surface area contributed by atoms with Crippen molar-refractivity contribution in [2.24, 2.45) is 5.92 Å². The maximum atomic E-state index is 6.19. The zero-order valence-electron chi connectivity index (χ0n) is 11.5. The SMILES string of the molecule is CC(C)C(CN(C)C)NCc1cc(Br)ccc1Cl. The summed E-state index contributed by atoms with van der Waals surface area (Å²) < 4.78 is 1.07. The van der Waals surface area contributed by atoms with Crippen LogP contribution in [0.1, 0.15) is 19.4 Å². The van der Waals surface area contributed by atoms with Crippen molar-refractivity contribution in [3.05, 3.63) is 33.3 Å². The van der Waals surface area contributed by atoms with Crippen LogP contribution in [-0.2, 0) is 6.54 Å². The van der Waals surface area contributed by atoms with Crippen LogP contribution in [0.15, 0.2) is 22.7 Å². The molecule has 0 heterocycles. The number of likely N-dealkylation sites (N-methyl/N-ethyl adjacent to an activating group) is 1. The summed E-state index contributed by atoms with van der Waals surface area (Å²) in [4.78, 5) is 2.21. The average molecular weight is 334 g/mol. The fourth-order valence-electron chi connectivity index (χ4n) is 1.82. The third-order valence-electron chi connectivity index (χ3n) is 2.93. The molecule has 0 spiro atoms. The van der Waals surface area contributed by atoms with E-state index in [1.807, 2.05) is 12.1 Å². The number of rotatable bonds is 6. The predicted molar refractivity (Wildman–Crippen MR) is 83.2 cm³/mol. The summed E-state index contributed by atoms with van der Waals surface area (Å²) >= 11 is 9.67. The molecule has 0 aliphatic heterocycles. The molecule has 0 aromatic heterocycles. The molecule has 0 radical (unpaired) electrons. The first-order valence-electron chi connectivity index (χ1n) is 6.22. The molecule has 102 valence electrons. The number of benzene rings is 1. The Bertz CT molecular complexity index is 380. The van der Waals surface area contributed by atoms with Gasteiger partial charge in [-0.15, -0.1) is 0 Å². The molecular formula is C14H22BrClN2. The van der Waals surface area contributed by atoms with Crippen LogP contribution in [-0.4, -0.2) is 31.6 Å². The van der Waals surface area contributed by atoms with Crippen molar-refractivity contribution in [1.29, 1.82) is 0 Å². The van der Waals surface area contributed by atoms with Gasteiger partial charge in [0.25, 0.3) is 0 Å². The normalized spacial score (nSPS) is 13.3. The zero-order valence-corrected chi connectivity index (χ0v) is 13.8. The Hall–Kier alpha value is -0.0900. The van der Waals surface area contributed by atoms with Crippen LogP contribution < -0.4 is 5.32 Å². The zero-order chi connectivity index (χ0) is 13.7. The minimum absolute atomic E-state index is 0.468. The summed E-state index contributed by atoms with van der Waals surface area (Å²) in [5, 5.41) is 4.41. The quantitative estimate of drug-likeness (QED) is 0.852. The van der Waals surface area contributed by atoms with Crippen molar-refractivity contribution in [2.45, 2.75) is 26.4 Å². The van der Waals surface area contributed by atoms with Gasteiger partial charge in [-0.1, -0.05) is 41.4 Å². The lowest BCUT2D eigenvalue weighted by molar-refractivity contribution is 0.288. The maximum Gasteiger partial charge on any atom is 0.0451 e. The van der Waals surface area contributed by atoms with Gasteiger partial charge in [0.2, 0.25) is 0 Å². The Morgan fingerprint density at radius 2 is 2.00 bits per heavy atom. The fourth-order valence-corrected chi connectivity index (χ4v) is 2.42. The van der Waals surface area contributed by atoms with Crippen LogP contribution in [0.4, 0.5) is 0 Å². The van der Waals surface area contributed by atoms with Gasteiger partial charge in [0.15, 0.2) is 0 Å². The van der Waals surface area contributed by atoms with Gasteiger partial charge in [0.05, 0.1) is 0 Å². The van der Waals surface area contributed by atoms with Gasteiger partial charge in [-0.3, -0.25) is 0 Å². The second kappa shape index (κ2) is 7.49. The summed E-state index contributed by atoms with van der Waals surface area (Å²) in [5.41, 5.74) is 1.13. The molecule has 1 unspecified atom stereocenters. The van der Waals surface area contributed by atoms with Crippen LogP contribution in [0, 0.1) is 5.92 Å². The summed E-state index contributed by atoms with van der Waals surface area (Å²) in [6.45, 7) is 6.31. The van der Waals surface area contributed by atoms with Gasteiger partial charge in [0.1, 0.15) is 0 Å². The minimum Gasteiger partial charge on any atom is -0.308 e. The summed E-state index contributed by atoms with van der Waals surface area (Å²) in [6.07, 6.45) is 0. The van der Waals surface area contributed by atoms with Gasteiger partial charge < -0.3 is 10.2 Å². The molecule has 0 saturated heterocycles. The third-order valence-corrected chi connectivity index (χ3v) is 3.79. The highest BCUT2D eigenvalue weighted by Gasteiger charge is 2.14. The molecule has 0 aliphatic rings. The molecule has 1 atom stereocenters. The molecule has 1 N–H and O–H groups in total. The van der Waals surface area contributed by atoms with E-state index >= 15 is 0 Å². The van der Waals surface area contributed by atoms with Crippen molar-refractivity contribution in [2.75, 3.05) is 20.6 Å². The van der Waals surface area contributed by atoms with Gasteiger partial charge in [-0.2, -0.15) is 0 Å². The Balaban J connectivity index is 2.63. The number of nitrogens with zero attached hydrogens (tertiary/aromatic N) is 1. The van der Waals surface area contributed by atoms with Gasteiger partial charge >= 0.3 is 0 Å². The Labute approximate surface area is 124 Å². The molecule has 4 heteroatoms. The molecule has 2 nitrogen and oxygen atoms in total. The first-order valence-corrected chi connectivity index (χ1v) is 7.39. The van der Waals surface area contributed by atoms with E-state index in [2.05, 4.69) is 60.2 Å². The molecule has 18 heavy (non-hydrogen) atoms. The van der Waals surface area contributed by atoms with E-state index < -0.39 is 0 Å². The van der Waals surface area contributed by atoms with Crippen molar-refractivity contribution in [3.8, 4) is 0 Å². The highest BCUT2D eigenvalue weighted by atomic mass is 79.9. The molecule has 0 bridgehead atoms. The maximum absolute atomic E-state index is 6.19. The first-order chi connectivity index (χ1) is 8.40. The Kier molecular flexibility index (Phi) is 6.64. The average Bonchev–Trinajstić information content (AvgIpc) is 2.27. The fraction of sp³-hybridized carbons (Fsp3) is 0.571. The largest absolute Gasteiger partial charge is 0.308 e. The molecule has 0 fully saturated rings. The van der Waals surface area contributed by atoms with E-state index in [-0.39, 0.29) is 0 Å². The molecule has 0 aliphatic carbocycles. The number of halogens is 2. The van der Waals surface area contributed by atoms with E-state index in [0.717, 1.165) is 28.1 Å². The van der Waals surface area contributed by atoms with Crippen LogP contribution in [0.2, 0.25) is 5.02 Å². The van der Waals surface area contributed by atoms with Crippen LogP contribution in [0.5, 0.6) is 0 Å². The van der Waals surface area contributed by atoms with E-state index in [4.69, 9.17) is 11.6 Å². The number of hydrogen-bond donors (Lipinski definition) is 1. The topological polar surface area (TPSA) is 15.3 Å². The van der Waals surface area contributed by atoms with E-state index in [1.54, 1.807) is 0 Å². The molecule has 0 amide bonds. The number of hydrogen-bond acceptors (Lipinski definition) is 2. The third kappa shape index (κ3) is 5.27. The Morgan fingerprint density at radius 3 is 2.56 bits per heavy atom. The molecule has 1 rings (SSSR count). The Morgan fingerprint density at radius 1 is 1.33 bits per heavy atom. The van der Waals surface area contributed by atoms with Crippen LogP contribution in [0.25, 0.3) is 0 Å². The summed E-state index contributed by atoms with van der Waals surface area (Å²) in [5.74, 6) is 0.596. The molecule has 0 saturated carbocycles. The second-order valence-corrected chi connectivity index (χ2v) is 6.55. The molecule has 1 aromatic rings. The second-order valence-electron chi connectivity index (χ2n) is 5.23. The molecule has 1 aromatic carbocycles. The number of nitrogens with one attached hydrogen (secondary N) is 1. The van der Waals surface area contributed by atoms with Crippen molar-refractivity contribution in [3.63, 3.8) is 0 Å². The highest BCUT2D eigenvalue weighted by Crippen LogP contribution is 2.21. The van der Waals surface area contributed by atoms with E-state index in [0.29, 0.717) is 12.0 Å².